The Morgan fingerprint density at radius 3 is 2.60 bits per heavy atom. The summed E-state index contributed by atoms with van der Waals surface area (Å²) < 4.78 is 0. The van der Waals surface area contributed by atoms with Crippen molar-refractivity contribution < 1.29 is 9.90 Å². The van der Waals surface area contributed by atoms with E-state index < -0.39 is 5.97 Å². The monoisotopic (exact) mass is 271 g/mol. The first-order valence-corrected chi connectivity index (χ1v) is 6.45. The molecule has 0 aliphatic rings. The van der Waals surface area contributed by atoms with Gasteiger partial charge in [0.15, 0.2) is 0 Å². The zero-order valence-electron chi connectivity index (χ0n) is 11.6. The fourth-order valence-electron chi connectivity index (χ4n) is 2.06. The average molecular weight is 271 g/mol. The summed E-state index contributed by atoms with van der Waals surface area (Å²) in [6.07, 6.45) is 4.92. The molecule has 0 aromatic carbocycles. The van der Waals surface area contributed by atoms with E-state index in [0.29, 0.717) is 0 Å². The molecule has 0 saturated carbocycles. The largest absolute Gasteiger partial charge is 0.478 e. The summed E-state index contributed by atoms with van der Waals surface area (Å²) in [5, 5.41) is 8.97. The van der Waals surface area contributed by atoms with Crippen LogP contribution in [0.25, 0.3) is 0 Å². The number of aryl methyl sites for hydroxylation is 1. The minimum absolute atomic E-state index is 0.214. The normalized spacial score (nSPS) is 10.3. The summed E-state index contributed by atoms with van der Waals surface area (Å²) in [5.41, 5.74) is 2.22. The molecule has 0 atom stereocenters. The van der Waals surface area contributed by atoms with Crippen molar-refractivity contribution in [2.24, 2.45) is 0 Å². The highest BCUT2D eigenvalue weighted by Gasteiger charge is 2.12. The lowest BCUT2D eigenvalue weighted by Crippen LogP contribution is -2.24. The Morgan fingerprint density at radius 2 is 2.05 bits per heavy atom. The Labute approximate surface area is 117 Å². The third kappa shape index (κ3) is 3.12. The van der Waals surface area contributed by atoms with Gasteiger partial charge < -0.3 is 10.0 Å². The summed E-state index contributed by atoms with van der Waals surface area (Å²) in [7, 11) is 0. The molecule has 104 valence electrons. The van der Waals surface area contributed by atoms with E-state index in [1.807, 2.05) is 26.0 Å². The van der Waals surface area contributed by atoms with Crippen LogP contribution in [0.15, 0.2) is 36.8 Å². The van der Waals surface area contributed by atoms with Crippen LogP contribution in [0, 0.1) is 6.92 Å². The van der Waals surface area contributed by atoms with Gasteiger partial charge in [-0.1, -0.05) is 0 Å². The fourth-order valence-corrected chi connectivity index (χ4v) is 2.06. The van der Waals surface area contributed by atoms with Crippen LogP contribution in [-0.4, -0.2) is 27.6 Å². The van der Waals surface area contributed by atoms with E-state index in [-0.39, 0.29) is 5.56 Å². The van der Waals surface area contributed by atoms with Crippen molar-refractivity contribution in [3.05, 3.63) is 53.5 Å². The maximum atomic E-state index is 10.9. The molecule has 0 aliphatic heterocycles. The van der Waals surface area contributed by atoms with E-state index in [9.17, 15) is 4.79 Å². The number of carboxylic acid groups (broad SMARTS) is 1. The number of carbonyl (C=O) groups is 1. The SMILES string of the molecule is CCN(Cc1ccncc1)c1ncc(C(=O)O)cc1C. The third-order valence-electron chi connectivity index (χ3n) is 3.10. The molecule has 0 amide bonds. The van der Waals surface area contributed by atoms with Crippen LogP contribution in [-0.2, 0) is 6.54 Å². The van der Waals surface area contributed by atoms with Crippen molar-refractivity contribution in [3.63, 3.8) is 0 Å². The smallest absolute Gasteiger partial charge is 0.337 e. The summed E-state index contributed by atoms with van der Waals surface area (Å²) in [5.74, 6) is -0.140. The minimum Gasteiger partial charge on any atom is -0.478 e. The first-order valence-electron chi connectivity index (χ1n) is 6.45. The topological polar surface area (TPSA) is 66.3 Å². The summed E-state index contributed by atoms with van der Waals surface area (Å²) in [4.78, 5) is 21.3. The molecule has 1 N–H and O–H groups in total. The van der Waals surface area contributed by atoms with Gasteiger partial charge in [0, 0.05) is 31.7 Å². The van der Waals surface area contributed by atoms with Crippen LogP contribution in [0.1, 0.15) is 28.4 Å². The van der Waals surface area contributed by atoms with E-state index in [2.05, 4.69) is 14.9 Å². The second kappa shape index (κ2) is 6.14. The molecule has 0 spiro atoms. The van der Waals surface area contributed by atoms with E-state index in [1.54, 1.807) is 18.5 Å². The fraction of sp³-hybridized carbons (Fsp3) is 0.267. The highest BCUT2D eigenvalue weighted by Crippen LogP contribution is 2.20. The number of anilines is 1. The molecule has 2 heterocycles. The molecule has 0 radical (unpaired) electrons. The van der Waals surface area contributed by atoms with Crippen LogP contribution < -0.4 is 4.90 Å². The number of aromatic carboxylic acids is 1. The Morgan fingerprint density at radius 1 is 1.35 bits per heavy atom. The third-order valence-corrected chi connectivity index (χ3v) is 3.10. The lowest BCUT2D eigenvalue weighted by Gasteiger charge is -2.23. The number of carboxylic acids is 1. The molecule has 5 nitrogen and oxygen atoms in total. The van der Waals surface area contributed by atoms with Crippen molar-refractivity contribution in [1.82, 2.24) is 9.97 Å². The summed E-state index contributed by atoms with van der Waals surface area (Å²) >= 11 is 0. The molecule has 2 rings (SSSR count). The van der Waals surface area contributed by atoms with Gasteiger partial charge in [0.1, 0.15) is 5.82 Å². The van der Waals surface area contributed by atoms with E-state index in [4.69, 9.17) is 5.11 Å². The molecular weight excluding hydrogens is 254 g/mol. The van der Waals surface area contributed by atoms with Gasteiger partial charge in [-0.2, -0.15) is 0 Å². The van der Waals surface area contributed by atoms with Gasteiger partial charge in [-0.25, -0.2) is 9.78 Å². The first-order chi connectivity index (χ1) is 9.61. The molecule has 0 saturated heterocycles. The number of rotatable bonds is 5. The first kappa shape index (κ1) is 14.0. The van der Waals surface area contributed by atoms with Crippen LogP contribution >= 0.6 is 0 Å². The number of hydrogen-bond acceptors (Lipinski definition) is 4. The Hall–Kier alpha value is -2.43. The zero-order chi connectivity index (χ0) is 14.5. The molecule has 20 heavy (non-hydrogen) atoms. The summed E-state index contributed by atoms with van der Waals surface area (Å²) in [6.45, 7) is 5.44. The maximum Gasteiger partial charge on any atom is 0.337 e. The molecule has 2 aromatic heterocycles. The predicted molar refractivity (Wildman–Crippen MR) is 76.9 cm³/mol. The highest BCUT2D eigenvalue weighted by molar-refractivity contribution is 5.87. The second-order valence-electron chi connectivity index (χ2n) is 4.54. The van der Waals surface area contributed by atoms with Crippen molar-refractivity contribution in [3.8, 4) is 0 Å². The molecule has 2 aromatic rings. The standard InChI is InChI=1S/C15H17N3O2/c1-3-18(10-12-4-6-16-7-5-12)14-11(2)8-13(9-17-14)15(19)20/h4-9H,3,10H2,1-2H3,(H,19,20). The van der Waals surface area contributed by atoms with Crippen LogP contribution in [0.4, 0.5) is 5.82 Å². The predicted octanol–water partition coefficient (Wildman–Crippen LogP) is 2.51. The van der Waals surface area contributed by atoms with Gasteiger partial charge in [-0.15, -0.1) is 0 Å². The zero-order valence-corrected chi connectivity index (χ0v) is 11.6. The van der Waals surface area contributed by atoms with E-state index in [1.165, 1.54) is 6.20 Å². The molecule has 0 bridgehead atoms. The molecule has 0 aliphatic carbocycles. The molecule has 0 unspecified atom stereocenters. The Balaban J connectivity index is 2.26. The minimum atomic E-state index is -0.954. The van der Waals surface area contributed by atoms with Gasteiger partial charge in [-0.05, 0) is 43.2 Å². The number of aromatic nitrogens is 2. The second-order valence-corrected chi connectivity index (χ2v) is 4.54. The molecular formula is C15H17N3O2. The van der Waals surface area contributed by atoms with Crippen molar-refractivity contribution in [2.45, 2.75) is 20.4 Å². The van der Waals surface area contributed by atoms with Crippen LogP contribution in [0.3, 0.4) is 0 Å². The number of pyridine rings is 2. The molecule has 5 heteroatoms. The molecule has 0 fully saturated rings. The lowest BCUT2D eigenvalue weighted by atomic mass is 10.2. The van der Waals surface area contributed by atoms with Gasteiger partial charge in [0.05, 0.1) is 5.56 Å². The van der Waals surface area contributed by atoms with Gasteiger partial charge in [0.2, 0.25) is 0 Å². The van der Waals surface area contributed by atoms with E-state index in [0.717, 1.165) is 30.0 Å². The van der Waals surface area contributed by atoms with Gasteiger partial charge in [0.25, 0.3) is 0 Å². The van der Waals surface area contributed by atoms with Crippen LogP contribution in [0.5, 0.6) is 0 Å². The van der Waals surface area contributed by atoms with E-state index >= 15 is 0 Å². The van der Waals surface area contributed by atoms with Gasteiger partial charge >= 0.3 is 5.97 Å². The highest BCUT2D eigenvalue weighted by atomic mass is 16.4. The number of hydrogen-bond donors (Lipinski definition) is 1. The van der Waals surface area contributed by atoms with Crippen molar-refractivity contribution >= 4 is 11.8 Å². The van der Waals surface area contributed by atoms with Crippen molar-refractivity contribution in [1.29, 1.82) is 0 Å². The number of nitrogens with zero attached hydrogens (tertiary/aromatic N) is 3. The maximum absolute atomic E-state index is 10.9. The average Bonchev–Trinajstić information content (AvgIpc) is 2.46. The quantitative estimate of drug-likeness (QED) is 0.905. The van der Waals surface area contributed by atoms with Crippen molar-refractivity contribution in [2.75, 3.05) is 11.4 Å². The Kier molecular flexibility index (Phi) is 4.30. The Bertz CT molecular complexity index is 599. The lowest BCUT2D eigenvalue weighted by molar-refractivity contribution is 0.0696. The van der Waals surface area contributed by atoms with Crippen LogP contribution in [0.2, 0.25) is 0 Å². The van der Waals surface area contributed by atoms with Gasteiger partial charge in [-0.3, -0.25) is 4.98 Å². The summed E-state index contributed by atoms with van der Waals surface area (Å²) in [6, 6.07) is 5.58.